The molecule has 1 saturated carbocycles. The maximum absolute atomic E-state index is 3.63. The molecule has 1 aromatic carbocycles. The third-order valence-electron chi connectivity index (χ3n) is 4.25. The molecule has 2 rings (SSSR count). The molecule has 0 unspecified atom stereocenters. The van der Waals surface area contributed by atoms with Gasteiger partial charge in [0, 0.05) is 17.2 Å². The second-order valence-electron chi connectivity index (χ2n) is 6.28. The molecule has 0 spiro atoms. The van der Waals surface area contributed by atoms with Gasteiger partial charge in [0.25, 0.3) is 0 Å². The first kappa shape index (κ1) is 15.9. The standard InChI is InChI=1S/C18H29NS/c1-15(2)17-8-10-18(11-9-17)20-13-12-19-14-16-6-4-3-5-7-16/h8-11,15-16,19H,3-7,12-14H2,1-2H3. The molecule has 1 fully saturated rings. The lowest BCUT2D eigenvalue weighted by Crippen LogP contribution is -2.26. The predicted octanol–water partition coefficient (Wildman–Crippen LogP) is 5.07. The monoisotopic (exact) mass is 291 g/mol. The zero-order valence-electron chi connectivity index (χ0n) is 13.0. The van der Waals surface area contributed by atoms with Gasteiger partial charge < -0.3 is 5.32 Å². The Morgan fingerprint density at radius 2 is 1.80 bits per heavy atom. The molecular weight excluding hydrogens is 262 g/mol. The number of rotatable bonds is 7. The molecule has 20 heavy (non-hydrogen) atoms. The maximum Gasteiger partial charge on any atom is 0.0106 e. The molecule has 1 aliphatic rings. The molecule has 0 atom stereocenters. The molecule has 0 amide bonds. The third kappa shape index (κ3) is 5.49. The summed E-state index contributed by atoms with van der Waals surface area (Å²) in [6.07, 6.45) is 7.24. The molecule has 1 nitrogen and oxygen atoms in total. The van der Waals surface area contributed by atoms with Crippen LogP contribution in [0.5, 0.6) is 0 Å². The van der Waals surface area contributed by atoms with Gasteiger partial charge in [-0.3, -0.25) is 0 Å². The fraction of sp³-hybridized carbons (Fsp3) is 0.667. The van der Waals surface area contributed by atoms with Crippen molar-refractivity contribution in [3.05, 3.63) is 29.8 Å². The number of nitrogens with one attached hydrogen (secondary N) is 1. The second kappa shape index (κ2) is 8.74. The van der Waals surface area contributed by atoms with Crippen LogP contribution in [0.1, 0.15) is 57.4 Å². The average Bonchev–Trinajstić information content (AvgIpc) is 2.48. The summed E-state index contributed by atoms with van der Waals surface area (Å²) in [5.41, 5.74) is 1.43. The van der Waals surface area contributed by atoms with Crippen LogP contribution >= 0.6 is 11.8 Å². The second-order valence-corrected chi connectivity index (χ2v) is 7.45. The van der Waals surface area contributed by atoms with E-state index in [4.69, 9.17) is 0 Å². The van der Waals surface area contributed by atoms with E-state index in [1.807, 2.05) is 11.8 Å². The highest BCUT2D eigenvalue weighted by Gasteiger charge is 2.12. The first-order valence-corrected chi connectivity index (χ1v) is 9.17. The highest BCUT2D eigenvalue weighted by Crippen LogP contribution is 2.23. The van der Waals surface area contributed by atoms with Crippen LogP contribution in [0.15, 0.2) is 29.2 Å². The van der Waals surface area contributed by atoms with Gasteiger partial charge in [-0.25, -0.2) is 0 Å². The van der Waals surface area contributed by atoms with Crippen molar-refractivity contribution < 1.29 is 0 Å². The van der Waals surface area contributed by atoms with E-state index in [9.17, 15) is 0 Å². The van der Waals surface area contributed by atoms with Crippen LogP contribution in [0.2, 0.25) is 0 Å². The van der Waals surface area contributed by atoms with Gasteiger partial charge in [0.05, 0.1) is 0 Å². The molecular formula is C18H29NS. The van der Waals surface area contributed by atoms with Gasteiger partial charge in [-0.1, -0.05) is 45.2 Å². The van der Waals surface area contributed by atoms with Crippen LogP contribution in [-0.4, -0.2) is 18.8 Å². The first-order chi connectivity index (χ1) is 9.75. The average molecular weight is 292 g/mol. The summed E-state index contributed by atoms with van der Waals surface area (Å²) in [4.78, 5) is 1.40. The lowest BCUT2D eigenvalue weighted by molar-refractivity contribution is 0.345. The van der Waals surface area contributed by atoms with Gasteiger partial charge in [0.1, 0.15) is 0 Å². The van der Waals surface area contributed by atoms with Crippen LogP contribution in [0.4, 0.5) is 0 Å². The smallest absolute Gasteiger partial charge is 0.0106 e. The van der Waals surface area contributed by atoms with Gasteiger partial charge in [-0.15, -0.1) is 11.8 Å². The molecule has 0 saturated heterocycles. The molecule has 0 radical (unpaired) electrons. The van der Waals surface area contributed by atoms with E-state index in [0.29, 0.717) is 5.92 Å². The van der Waals surface area contributed by atoms with Crippen LogP contribution < -0.4 is 5.32 Å². The Morgan fingerprint density at radius 1 is 1.10 bits per heavy atom. The SMILES string of the molecule is CC(C)c1ccc(SCCNCC2CCCCC2)cc1. The zero-order valence-corrected chi connectivity index (χ0v) is 13.8. The largest absolute Gasteiger partial charge is 0.316 e. The van der Waals surface area contributed by atoms with Gasteiger partial charge in [0.15, 0.2) is 0 Å². The van der Waals surface area contributed by atoms with E-state index in [1.54, 1.807) is 0 Å². The highest BCUT2D eigenvalue weighted by atomic mass is 32.2. The van der Waals surface area contributed by atoms with Gasteiger partial charge in [-0.05, 0) is 48.9 Å². The zero-order chi connectivity index (χ0) is 14.2. The van der Waals surface area contributed by atoms with Gasteiger partial charge in [0.2, 0.25) is 0 Å². The molecule has 0 aliphatic heterocycles. The molecule has 0 bridgehead atoms. The molecule has 0 aromatic heterocycles. The van der Waals surface area contributed by atoms with Crippen LogP contribution in [0, 0.1) is 5.92 Å². The Morgan fingerprint density at radius 3 is 2.45 bits per heavy atom. The Bertz CT molecular complexity index is 366. The van der Waals surface area contributed by atoms with Crippen molar-refractivity contribution in [1.29, 1.82) is 0 Å². The quantitative estimate of drug-likeness (QED) is 0.556. The lowest BCUT2D eigenvalue weighted by Gasteiger charge is -2.21. The summed E-state index contributed by atoms with van der Waals surface area (Å²) >= 11 is 1.96. The summed E-state index contributed by atoms with van der Waals surface area (Å²) in [7, 11) is 0. The number of hydrogen-bond acceptors (Lipinski definition) is 2. The van der Waals surface area contributed by atoms with Gasteiger partial charge in [-0.2, -0.15) is 0 Å². The van der Waals surface area contributed by atoms with E-state index in [-0.39, 0.29) is 0 Å². The topological polar surface area (TPSA) is 12.0 Å². The highest BCUT2D eigenvalue weighted by molar-refractivity contribution is 7.99. The van der Waals surface area contributed by atoms with Crippen molar-refractivity contribution in [2.24, 2.45) is 5.92 Å². The summed E-state index contributed by atoms with van der Waals surface area (Å²) < 4.78 is 0. The van der Waals surface area contributed by atoms with Crippen LogP contribution in [-0.2, 0) is 0 Å². The Labute approximate surface area is 128 Å². The van der Waals surface area contributed by atoms with Crippen LogP contribution in [0.25, 0.3) is 0 Å². The van der Waals surface area contributed by atoms with E-state index >= 15 is 0 Å². The fourth-order valence-electron chi connectivity index (χ4n) is 2.89. The van der Waals surface area contributed by atoms with E-state index in [1.165, 1.54) is 54.9 Å². The van der Waals surface area contributed by atoms with Crippen molar-refractivity contribution in [1.82, 2.24) is 5.32 Å². The molecule has 1 N–H and O–H groups in total. The third-order valence-corrected chi connectivity index (χ3v) is 5.27. The summed E-state index contributed by atoms with van der Waals surface area (Å²) in [6.45, 7) is 6.86. The Kier molecular flexibility index (Phi) is 6.95. The summed E-state index contributed by atoms with van der Waals surface area (Å²) in [5.74, 6) is 2.75. The van der Waals surface area contributed by atoms with E-state index in [2.05, 4.69) is 43.4 Å². The fourth-order valence-corrected chi connectivity index (χ4v) is 3.70. The van der Waals surface area contributed by atoms with Crippen molar-refractivity contribution in [2.45, 2.75) is 56.8 Å². The molecule has 1 aromatic rings. The van der Waals surface area contributed by atoms with Crippen molar-refractivity contribution in [2.75, 3.05) is 18.8 Å². The molecule has 2 heteroatoms. The van der Waals surface area contributed by atoms with Gasteiger partial charge >= 0.3 is 0 Å². The number of thioether (sulfide) groups is 1. The van der Waals surface area contributed by atoms with E-state index < -0.39 is 0 Å². The first-order valence-electron chi connectivity index (χ1n) is 8.19. The van der Waals surface area contributed by atoms with Crippen LogP contribution in [0.3, 0.4) is 0 Å². The summed E-state index contributed by atoms with van der Waals surface area (Å²) in [6, 6.07) is 9.06. The van der Waals surface area contributed by atoms with Crippen molar-refractivity contribution >= 4 is 11.8 Å². The molecule has 0 heterocycles. The Hall–Kier alpha value is -0.470. The number of hydrogen-bond donors (Lipinski definition) is 1. The normalized spacial score (nSPS) is 16.8. The molecule has 112 valence electrons. The minimum Gasteiger partial charge on any atom is -0.316 e. The van der Waals surface area contributed by atoms with Crippen molar-refractivity contribution in [3.63, 3.8) is 0 Å². The van der Waals surface area contributed by atoms with Crippen molar-refractivity contribution in [3.8, 4) is 0 Å². The molecule has 1 aliphatic carbocycles. The predicted molar refractivity (Wildman–Crippen MR) is 90.7 cm³/mol. The number of benzene rings is 1. The Balaban J connectivity index is 1.58. The summed E-state index contributed by atoms with van der Waals surface area (Å²) in [5, 5.41) is 3.63. The van der Waals surface area contributed by atoms with E-state index in [0.717, 1.165) is 12.5 Å². The minimum absolute atomic E-state index is 0.631. The lowest BCUT2D eigenvalue weighted by atomic mass is 9.89. The minimum atomic E-state index is 0.631. The maximum atomic E-state index is 3.63.